The minimum absolute atomic E-state index is 0.00305. The lowest BCUT2D eigenvalue weighted by molar-refractivity contribution is -0.137. The Morgan fingerprint density at radius 1 is 0.746 bits per heavy atom. The van der Waals surface area contributed by atoms with E-state index in [2.05, 4.69) is 15.5 Å². The van der Waals surface area contributed by atoms with Gasteiger partial charge < -0.3 is 21.7 Å². The summed E-state index contributed by atoms with van der Waals surface area (Å²) in [6, 6.07) is 26.2. The molecule has 6 rings (SSSR count). The minimum Gasteiger partial charge on any atom is -0.394 e. The van der Waals surface area contributed by atoms with Crippen molar-refractivity contribution < 1.29 is 33.7 Å². The van der Waals surface area contributed by atoms with Gasteiger partial charge in [-0.25, -0.2) is 13.2 Å². The van der Waals surface area contributed by atoms with Crippen molar-refractivity contribution in [2.24, 2.45) is 5.92 Å². The van der Waals surface area contributed by atoms with Gasteiger partial charge in [-0.2, -0.15) is 4.31 Å². The lowest BCUT2D eigenvalue weighted by Crippen LogP contribution is -2.42. The number of halogens is 2. The summed E-state index contributed by atoms with van der Waals surface area (Å²) in [5.41, 5.74) is 4.96. The van der Waals surface area contributed by atoms with Gasteiger partial charge >= 0.3 is 11.9 Å². The third kappa shape index (κ3) is 11.4. The Kier molecular flexibility index (Phi) is 15.8. The van der Waals surface area contributed by atoms with Crippen LogP contribution < -0.4 is 15.5 Å². The normalized spacial score (nSPS) is 16.9. The number of carbonyl (C=O) groups is 4. The molecule has 0 atom stereocenters. The predicted octanol–water partition coefficient (Wildman–Crippen LogP) is 9.33. The van der Waals surface area contributed by atoms with Crippen LogP contribution in [0.2, 0.25) is 0 Å². The van der Waals surface area contributed by atoms with E-state index in [9.17, 15) is 27.6 Å². The molecule has 1 heterocycles. The highest BCUT2D eigenvalue weighted by Crippen LogP contribution is 2.33. The van der Waals surface area contributed by atoms with Gasteiger partial charge in [0, 0.05) is 42.6 Å². The first-order chi connectivity index (χ1) is 28.5. The quantitative estimate of drug-likeness (QED) is 0.111. The Morgan fingerprint density at radius 2 is 1.41 bits per heavy atom. The summed E-state index contributed by atoms with van der Waals surface area (Å²) in [7, 11) is -3.97. The molecule has 15 heteroatoms. The topological polar surface area (TPSA) is 151 Å². The molecule has 1 saturated heterocycles. The second-order valence-electron chi connectivity index (χ2n) is 14.9. The molecular weight excluding hydrogens is 998 g/mol. The van der Waals surface area contributed by atoms with E-state index in [1.807, 2.05) is 42.5 Å². The SMILES string of the molecule is CCN(C1CCC(C(=O)OI)CC1)S(=O)(=O)c1cccc(C(=O)Nc2ccc(N3CCCCC3)cc2C(=O)Nc2ccc(CCCc3ccc(C(=O)OI)cc3)cc2)c1. The number of nitrogens with one attached hydrogen (secondary N) is 2. The van der Waals surface area contributed by atoms with Gasteiger partial charge in [0.25, 0.3) is 11.8 Å². The number of anilines is 3. The van der Waals surface area contributed by atoms with Crippen LogP contribution in [-0.2, 0) is 33.8 Å². The molecule has 12 nitrogen and oxygen atoms in total. The fraction of sp³-hybridized carbons (Fsp3) is 0.364. The van der Waals surface area contributed by atoms with Crippen molar-refractivity contribution in [1.29, 1.82) is 0 Å². The van der Waals surface area contributed by atoms with E-state index >= 15 is 0 Å². The zero-order valence-electron chi connectivity index (χ0n) is 32.8. The number of rotatable bonds is 15. The second kappa shape index (κ2) is 20.9. The summed E-state index contributed by atoms with van der Waals surface area (Å²) in [4.78, 5) is 53.8. The molecule has 2 amide bonds. The largest absolute Gasteiger partial charge is 0.394 e. The highest BCUT2D eigenvalue weighted by molar-refractivity contribution is 14.1. The van der Waals surface area contributed by atoms with E-state index in [1.165, 1.54) is 16.4 Å². The van der Waals surface area contributed by atoms with Crippen LogP contribution in [0.1, 0.15) is 100 Å². The van der Waals surface area contributed by atoms with E-state index in [0.717, 1.165) is 68.4 Å². The van der Waals surface area contributed by atoms with Gasteiger partial charge in [-0.1, -0.05) is 37.3 Å². The maximum atomic E-state index is 14.0. The van der Waals surface area contributed by atoms with Crippen molar-refractivity contribution in [2.45, 2.75) is 82.1 Å². The number of nitrogens with zero attached hydrogens (tertiary/aromatic N) is 2. The molecule has 312 valence electrons. The summed E-state index contributed by atoms with van der Waals surface area (Å²) in [5, 5.41) is 5.90. The summed E-state index contributed by atoms with van der Waals surface area (Å²) >= 11 is 3.17. The maximum Gasteiger partial charge on any atom is 0.347 e. The summed E-state index contributed by atoms with van der Waals surface area (Å²) in [5.74, 6) is -1.84. The molecular formula is C44H48I2N4O8S. The molecule has 1 saturated carbocycles. The highest BCUT2D eigenvalue weighted by Gasteiger charge is 2.36. The Balaban J connectivity index is 1.14. The molecule has 1 aliphatic carbocycles. The fourth-order valence-corrected chi connectivity index (χ4v) is 10.2. The van der Waals surface area contributed by atoms with E-state index in [1.54, 1.807) is 89.3 Å². The number of sulfonamides is 1. The average molecular weight is 1050 g/mol. The standard InChI is InChI=1S/C44H48I2N4O8S/c1-2-50(36-22-18-33(19-23-36)44(54)58-46)59(55,56)38-11-7-10-34(28-38)41(51)48-40-25-24-37(49-26-4-3-5-27-49)29-39(40)42(52)47-35-20-14-31(15-21-35)9-6-8-30-12-16-32(17-13-30)43(53)57-45/h7,10-17,20-21,24-25,28-29,33,36H,2-6,8-9,18-19,22-23,26-27H2,1H3,(H,47,52)(H,48,51). The number of amides is 2. The molecule has 2 N–H and O–H groups in total. The van der Waals surface area contributed by atoms with Crippen LogP contribution in [0.25, 0.3) is 0 Å². The number of aryl methyl sites for hydroxylation is 2. The average Bonchev–Trinajstić information content (AvgIpc) is 3.27. The molecule has 4 aromatic carbocycles. The maximum absolute atomic E-state index is 14.0. The highest BCUT2D eigenvalue weighted by atomic mass is 127. The van der Waals surface area contributed by atoms with E-state index in [-0.39, 0.29) is 46.5 Å². The zero-order valence-corrected chi connectivity index (χ0v) is 38.0. The summed E-state index contributed by atoms with van der Waals surface area (Å²) in [6.07, 6.45) is 7.97. The number of carbonyl (C=O) groups excluding carboxylic acids is 4. The third-order valence-corrected chi connectivity index (χ3v) is 14.0. The van der Waals surface area contributed by atoms with Gasteiger partial charge in [0.15, 0.2) is 46.0 Å². The number of piperidine rings is 1. The Morgan fingerprint density at radius 3 is 2.03 bits per heavy atom. The van der Waals surface area contributed by atoms with Crippen LogP contribution in [0.3, 0.4) is 0 Å². The molecule has 0 unspecified atom stereocenters. The summed E-state index contributed by atoms with van der Waals surface area (Å²) in [6.45, 7) is 3.77. The van der Waals surface area contributed by atoms with Crippen LogP contribution in [0.4, 0.5) is 17.1 Å². The van der Waals surface area contributed by atoms with Crippen LogP contribution in [0.5, 0.6) is 0 Å². The van der Waals surface area contributed by atoms with Crippen LogP contribution in [-0.4, -0.2) is 62.2 Å². The van der Waals surface area contributed by atoms with E-state index in [4.69, 9.17) is 6.13 Å². The lowest BCUT2D eigenvalue weighted by Gasteiger charge is -2.34. The number of hydrogen-bond acceptors (Lipinski definition) is 9. The summed E-state index contributed by atoms with van der Waals surface area (Å²) < 4.78 is 39.0. The van der Waals surface area contributed by atoms with Crippen molar-refractivity contribution >= 4 is 96.9 Å². The van der Waals surface area contributed by atoms with Crippen molar-refractivity contribution in [2.75, 3.05) is 35.2 Å². The zero-order chi connectivity index (χ0) is 41.9. The van der Waals surface area contributed by atoms with E-state index in [0.29, 0.717) is 42.6 Å². The smallest absolute Gasteiger partial charge is 0.347 e. The first-order valence-electron chi connectivity index (χ1n) is 20.0. The van der Waals surface area contributed by atoms with Gasteiger partial charge in [-0.05, 0) is 136 Å². The molecule has 2 fully saturated rings. The minimum atomic E-state index is -3.97. The molecule has 0 radical (unpaired) electrons. The first kappa shape index (κ1) is 44.5. The van der Waals surface area contributed by atoms with Gasteiger partial charge in [0.1, 0.15) is 0 Å². The van der Waals surface area contributed by atoms with Crippen LogP contribution in [0, 0.1) is 5.92 Å². The molecule has 2 aliphatic rings. The van der Waals surface area contributed by atoms with Crippen molar-refractivity contribution in [3.8, 4) is 0 Å². The Bertz CT molecular complexity index is 2220. The van der Waals surface area contributed by atoms with E-state index < -0.39 is 21.8 Å². The second-order valence-corrected chi connectivity index (χ2v) is 17.7. The Hall–Kier alpha value is -4.07. The van der Waals surface area contributed by atoms with Gasteiger partial charge in [0.05, 0.1) is 27.6 Å². The molecule has 1 aliphatic heterocycles. The fourth-order valence-electron chi connectivity index (χ4n) is 7.89. The predicted molar refractivity (Wildman–Crippen MR) is 245 cm³/mol. The third-order valence-electron chi connectivity index (χ3n) is 11.1. The van der Waals surface area contributed by atoms with Crippen molar-refractivity contribution in [3.63, 3.8) is 0 Å². The van der Waals surface area contributed by atoms with Gasteiger partial charge in [-0.15, -0.1) is 0 Å². The van der Waals surface area contributed by atoms with Gasteiger partial charge in [0.2, 0.25) is 10.0 Å². The lowest BCUT2D eigenvalue weighted by atomic mass is 9.86. The first-order valence-corrected chi connectivity index (χ1v) is 23.2. The molecule has 0 aromatic heterocycles. The molecule has 0 bridgehead atoms. The van der Waals surface area contributed by atoms with Gasteiger partial charge in [-0.3, -0.25) is 14.4 Å². The van der Waals surface area contributed by atoms with Crippen LogP contribution >= 0.6 is 46.0 Å². The molecule has 4 aromatic rings. The monoisotopic (exact) mass is 1050 g/mol. The molecule has 0 spiro atoms. The Labute approximate surface area is 374 Å². The number of hydrogen-bond donors (Lipinski definition) is 2. The van der Waals surface area contributed by atoms with Crippen LogP contribution in [0.15, 0.2) is 95.9 Å². The molecule has 59 heavy (non-hydrogen) atoms. The van der Waals surface area contributed by atoms with Crippen molar-refractivity contribution in [3.05, 3.63) is 119 Å². The number of benzene rings is 4. The van der Waals surface area contributed by atoms with Crippen molar-refractivity contribution in [1.82, 2.24) is 4.31 Å².